The number of benzene rings is 1. The highest BCUT2D eigenvalue weighted by Gasteiger charge is 2.36. The third kappa shape index (κ3) is 6.39. The van der Waals surface area contributed by atoms with E-state index in [0.29, 0.717) is 61.6 Å². The summed E-state index contributed by atoms with van der Waals surface area (Å²) in [6.07, 6.45) is -0.507. The quantitative estimate of drug-likeness (QED) is 0.393. The van der Waals surface area contributed by atoms with E-state index in [0.717, 1.165) is 6.20 Å². The van der Waals surface area contributed by atoms with Gasteiger partial charge in [0.1, 0.15) is 18.0 Å². The average molecular weight is 616 g/mol. The third-order valence-electron chi connectivity index (χ3n) is 8.22. The number of hydrogen-bond donors (Lipinski definition) is 2. The number of alkyl halides is 3. The van der Waals surface area contributed by atoms with E-state index in [1.165, 1.54) is 25.6 Å². The number of ether oxygens (including phenoxy) is 1. The Labute approximate surface area is 251 Å². The van der Waals surface area contributed by atoms with Crippen LogP contribution in [0.2, 0.25) is 0 Å². The van der Waals surface area contributed by atoms with E-state index in [1.54, 1.807) is 6.07 Å². The fourth-order valence-corrected chi connectivity index (χ4v) is 5.59. The first kappa shape index (κ1) is 31.0. The van der Waals surface area contributed by atoms with Gasteiger partial charge in [0, 0.05) is 62.2 Å². The predicted octanol–water partition coefficient (Wildman–Crippen LogP) is 4.41. The number of piperazine rings is 1. The molecule has 1 aromatic carbocycles. The molecule has 0 aliphatic carbocycles. The van der Waals surface area contributed by atoms with E-state index in [9.17, 15) is 22.8 Å². The lowest BCUT2D eigenvalue weighted by atomic mass is 9.96. The van der Waals surface area contributed by atoms with Crippen molar-refractivity contribution in [2.24, 2.45) is 0 Å². The van der Waals surface area contributed by atoms with Crippen molar-refractivity contribution in [2.75, 3.05) is 55.5 Å². The van der Waals surface area contributed by atoms with Gasteiger partial charge in [0.05, 0.1) is 29.6 Å². The van der Waals surface area contributed by atoms with Gasteiger partial charge >= 0.3 is 6.18 Å². The van der Waals surface area contributed by atoms with Gasteiger partial charge in [0.2, 0.25) is 11.4 Å². The molecule has 234 valence electrons. The molecule has 5 rings (SSSR count). The number of aromatic amines is 1. The van der Waals surface area contributed by atoms with Gasteiger partial charge in [-0.1, -0.05) is 6.08 Å². The molecule has 2 aromatic heterocycles. The van der Waals surface area contributed by atoms with E-state index < -0.39 is 34.6 Å². The van der Waals surface area contributed by atoms with Crippen molar-refractivity contribution in [2.45, 2.75) is 38.5 Å². The summed E-state index contributed by atoms with van der Waals surface area (Å²) < 4.78 is 62.3. The van der Waals surface area contributed by atoms with Crippen LogP contribution in [0.3, 0.4) is 0 Å². The van der Waals surface area contributed by atoms with E-state index >= 15 is 4.39 Å². The van der Waals surface area contributed by atoms with Crippen molar-refractivity contribution in [1.29, 1.82) is 0 Å². The summed E-state index contributed by atoms with van der Waals surface area (Å²) >= 11 is 0. The Hall–Kier alpha value is -4.46. The molecule has 2 N–H and O–H groups in total. The Morgan fingerprint density at radius 1 is 1.09 bits per heavy atom. The molecule has 14 heteroatoms. The molecule has 0 radical (unpaired) electrons. The fourth-order valence-electron chi connectivity index (χ4n) is 5.59. The number of methoxy groups -OCH3 is 1. The van der Waals surface area contributed by atoms with Crippen molar-refractivity contribution < 1.29 is 27.1 Å². The minimum atomic E-state index is -4.94. The number of hydrogen-bond acceptors (Lipinski definition) is 8. The Kier molecular flexibility index (Phi) is 8.64. The summed E-state index contributed by atoms with van der Waals surface area (Å²) in [7, 11) is 3.50. The summed E-state index contributed by atoms with van der Waals surface area (Å²) in [5, 5.41) is 2.60. The highest BCUT2D eigenvalue weighted by atomic mass is 19.4. The molecular weight excluding hydrogens is 582 g/mol. The predicted molar refractivity (Wildman–Crippen MR) is 159 cm³/mol. The summed E-state index contributed by atoms with van der Waals surface area (Å²) in [4.78, 5) is 41.5. The normalized spacial score (nSPS) is 19.5. The minimum absolute atomic E-state index is 0.0912. The summed E-state index contributed by atoms with van der Waals surface area (Å²) in [5.74, 6) is -0.532. The summed E-state index contributed by atoms with van der Waals surface area (Å²) in [5.41, 5.74) is -1.66. The standard InChI is InChI=1S/C30H33F4N7O3/c1-17-14-41(15-18(2)39(17)3)25-11-23(31)20(19-5-7-40(8-6-19)26-12-28(44-4)37-16-36-26)9-24(25)38-29(43)21-13-35-27(42)10-22(21)30(32,33)34/h5,9-13,16-18H,6-8,14-15H2,1-4H3,(H,35,42)(H,38,43)/t17-,18+. The molecule has 44 heavy (non-hydrogen) atoms. The van der Waals surface area contributed by atoms with Crippen molar-refractivity contribution in [3.63, 3.8) is 0 Å². The lowest BCUT2D eigenvalue weighted by Crippen LogP contribution is -2.55. The molecule has 3 aromatic rings. The molecule has 0 unspecified atom stereocenters. The molecule has 2 atom stereocenters. The van der Waals surface area contributed by atoms with E-state index in [4.69, 9.17) is 4.74 Å². The second-order valence-electron chi connectivity index (χ2n) is 11.0. The van der Waals surface area contributed by atoms with E-state index in [-0.39, 0.29) is 23.3 Å². The molecule has 4 heterocycles. The minimum Gasteiger partial charge on any atom is -0.481 e. The summed E-state index contributed by atoms with van der Waals surface area (Å²) in [6, 6.07) is 5.04. The second kappa shape index (κ2) is 12.3. The number of nitrogens with one attached hydrogen (secondary N) is 2. The van der Waals surface area contributed by atoms with E-state index in [1.807, 2.05) is 36.8 Å². The molecule has 2 aliphatic heterocycles. The number of anilines is 3. The van der Waals surface area contributed by atoms with Crippen LogP contribution in [-0.4, -0.2) is 78.2 Å². The number of carbonyl (C=O) groups excluding carboxylic acids is 1. The molecule has 0 spiro atoms. The van der Waals surface area contributed by atoms with Crippen LogP contribution in [0.1, 0.15) is 41.8 Å². The number of halogens is 4. The number of pyridine rings is 1. The van der Waals surface area contributed by atoms with Crippen LogP contribution in [0, 0.1) is 5.82 Å². The molecule has 1 saturated heterocycles. The topological polar surface area (TPSA) is 107 Å². The molecule has 0 saturated carbocycles. The fraction of sp³-hybridized carbons (Fsp3) is 0.400. The second-order valence-corrected chi connectivity index (χ2v) is 11.0. The number of aromatic nitrogens is 3. The molecule has 2 aliphatic rings. The Morgan fingerprint density at radius 2 is 1.82 bits per heavy atom. The smallest absolute Gasteiger partial charge is 0.417 e. The zero-order valence-electron chi connectivity index (χ0n) is 24.7. The molecule has 10 nitrogen and oxygen atoms in total. The third-order valence-corrected chi connectivity index (χ3v) is 8.22. The van der Waals surface area contributed by atoms with Crippen LogP contribution in [0.5, 0.6) is 5.88 Å². The molecular formula is C30H33F4N7O3. The van der Waals surface area contributed by atoms with Gasteiger partial charge in [-0.3, -0.25) is 14.5 Å². The Bertz CT molecular complexity index is 1630. The number of H-pyrrole nitrogens is 1. The zero-order chi connectivity index (χ0) is 31.8. The van der Waals surface area contributed by atoms with Crippen molar-refractivity contribution in [1.82, 2.24) is 19.9 Å². The van der Waals surface area contributed by atoms with Gasteiger partial charge in [-0.2, -0.15) is 13.2 Å². The maximum absolute atomic E-state index is 15.9. The van der Waals surface area contributed by atoms with Crippen LogP contribution in [0.4, 0.5) is 34.8 Å². The van der Waals surface area contributed by atoms with Crippen LogP contribution >= 0.6 is 0 Å². The Balaban J connectivity index is 1.52. The number of amides is 1. The van der Waals surface area contributed by atoms with Crippen LogP contribution in [0.25, 0.3) is 5.57 Å². The first-order valence-corrected chi connectivity index (χ1v) is 14.1. The van der Waals surface area contributed by atoms with Crippen LogP contribution < -0.4 is 25.4 Å². The summed E-state index contributed by atoms with van der Waals surface area (Å²) in [6.45, 7) is 5.98. The molecule has 0 bridgehead atoms. The van der Waals surface area contributed by atoms with Crippen LogP contribution in [-0.2, 0) is 6.18 Å². The number of rotatable bonds is 6. The lowest BCUT2D eigenvalue weighted by Gasteiger charge is -2.44. The SMILES string of the molecule is COc1cc(N2CC=C(c3cc(NC(=O)c4c[nH]c(=O)cc4C(F)(F)F)c(N4C[C@@H](C)N(C)[C@@H](C)C4)cc3F)CC2)ncn1. The maximum atomic E-state index is 15.9. The first-order chi connectivity index (χ1) is 20.8. The average Bonchev–Trinajstić information content (AvgIpc) is 3.00. The van der Waals surface area contributed by atoms with Gasteiger partial charge in [-0.15, -0.1) is 0 Å². The number of nitrogens with zero attached hydrogens (tertiary/aromatic N) is 5. The lowest BCUT2D eigenvalue weighted by molar-refractivity contribution is -0.138. The maximum Gasteiger partial charge on any atom is 0.417 e. The van der Waals surface area contributed by atoms with Gasteiger partial charge < -0.3 is 24.8 Å². The van der Waals surface area contributed by atoms with Gasteiger partial charge in [0.15, 0.2) is 0 Å². The van der Waals surface area contributed by atoms with Crippen molar-refractivity contribution in [3.05, 3.63) is 75.7 Å². The Morgan fingerprint density at radius 3 is 2.45 bits per heavy atom. The number of carbonyl (C=O) groups is 1. The monoisotopic (exact) mass is 615 g/mol. The van der Waals surface area contributed by atoms with Gasteiger partial charge in [-0.25, -0.2) is 14.4 Å². The largest absolute Gasteiger partial charge is 0.481 e. The van der Waals surface area contributed by atoms with E-state index in [2.05, 4.69) is 25.2 Å². The van der Waals surface area contributed by atoms with Crippen molar-refractivity contribution >= 4 is 28.7 Å². The van der Waals surface area contributed by atoms with Gasteiger partial charge in [0.25, 0.3) is 5.91 Å². The highest BCUT2D eigenvalue weighted by molar-refractivity contribution is 6.07. The number of likely N-dealkylation sites (N-methyl/N-ethyl adjacent to an activating group) is 1. The molecule has 1 fully saturated rings. The molecule has 1 amide bonds. The first-order valence-electron chi connectivity index (χ1n) is 14.1. The van der Waals surface area contributed by atoms with Crippen LogP contribution in [0.15, 0.2) is 47.7 Å². The highest BCUT2D eigenvalue weighted by Crippen LogP contribution is 2.37. The van der Waals surface area contributed by atoms with Gasteiger partial charge in [-0.05, 0) is 45.0 Å². The van der Waals surface area contributed by atoms with Crippen molar-refractivity contribution in [3.8, 4) is 5.88 Å². The zero-order valence-corrected chi connectivity index (χ0v) is 24.7.